The molecule has 0 radical (unpaired) electrons. The number of pyridine rings is 1. The van der Waals surface area contributed by atoms with Gasteiger partial charge in [0.2, 0.25) is 12.3 Å². The molecule has 1 fully saturated rings. The third-order valence-electron chi connectivity index (χ3n) is 16.1. The smallest absolute Gasteiger partial charge is 0.358 e. The highest BCUT2D eigenvalue weighted by Gasteiger charge is 2.49. The van der Waals surface area contributed by atoms with Crippen LogP contribution in [-0.4, -0.2) is 166 Å². The highest BCUT2D eigenvalue weighted by molar-refractivity contribution is 7.14. The number of cyclic esters (lactones) is 2. The van der Waals surface area contributed by atoms with E-state index in [1.807, 2.05) is 13.8 Å². The van der Waals surface area contributed by atoms with Crippen LogP contribution in [0.5, 0.6) is 5.75 Å². The molecule has 8 aromatic rings. The number of benzene rings is 1. The zero-order valence-electron chi connectivity index (χ0n) is 50.6. The first-order valence-corrected chi connectivity index (χ1v) is 33.1. The first-order valence-electron chi connectivity index (χ1n) is 28.7. The number of nitrogens with zero attached hydrogens (tertiary/aromatic N) is 8. The molecule has 1 aromatic carbocycles. The van der Waals surface area contributed by atoms with E-state index in [4.69, 9.17) is 49.1 Å². The summed E-state index contributed by atoms with van der Waals surface area (Å²) in [6, 6.07) is 0.918. The summed E-state index contributed by atoms with van der Waals surface area (Å²) in [7, 11) is 2.93. The number of ether oxygens (including phenoxy) is 6. The van der Waals surface area contributed by atoms with Gasteiger partial charge in [-0.25, -0.2) is 39.5 Å². The Morgan fingerprint density at radius 2 is 1.52 bits per heavy atom. The lowest BCUT2D eigenvalue weighted by atomic mass is 9.76. The molecule has 12 rings (SSSR count). The number of hydrogen-bond acceptors (Lipinski definition) is 28. The summed E-state index contributed by atoms with van der Waals surface area (Å²) in [4.78, 5) is 143. The first kappa shape index (κ1) is 64.9. The van der Waals surface area contributed by atoms with Crippen molar-refractivity contribution in [3.05, 3.63) is 112 Å². The van der Waals surface area contributed by atoms with Gasteiger partial charge in [0.05, 0.1) is 37.5 Å². The van der Waals surface area contributed by atoms with Gasteiger partial charge in [-0.15, -0.1) is 56.7 Å². The molecule has 4 aliphatic rings. The van der Waals surface area contributed by atoms with Crippen molar-refractivity contribution in [2.75, 3.05) is 20.8 Å². The van der Waals surface area contributed by atoms with Gasteiger partial charge in [0.15, 0.2) is 18.1 Å². The average Bonchev–Trinajstić information content (AvgIpc) is 1.57. The van der Waals surface area contributed by atoms with E-state index >= 15 is 9.59 Å². The van der Waals surface area contributed by atoms with Crippen LogP contribution in [0.2, 0.25) is 0 Å². The second kappa shape index (κ2) is 25.9. The van der Waals surface area contributed by atoms with Crippen LogP contribution in [0, 0.1) is 5.41 Å². The number of amides is 6. The molecule has 9 unspecified atom stereocenters. The fraction of sp³-hybridized carbons (Fsp3) is 0.356. The molecule has 11 heterocycles. The van der Waals surface area contributed by atoms with Crippen LogP contribution in [0.1, 0.15) is 132 Å². The summed E-state index contributed by atoms with van der Waals surface area (Å²) in [6.45, 7) is 6.58. The molecule has 7 aromatic heterocycles. The maximum absolute atomic E-state index is 15.2. The second-order valence-electron chi connectivity index (χ2n) is 22.8. The lowest BCUT2D eigenvalue weighted by molar-refractivity contribution is -0.267. The van der Waals surface area contributed by atoms with Crippen molar-refractivity contribution in [3.63, 3.8) is 0 Å². The summed E-state index contributed by atoms with van der Waals surface area (Å²) in [5, 5.41) is 53.3. The minimum atomic E-state index is -1.86. The largest absolute Gasteiger partial charge is 0.506 e. The zero-order valence-corrected chi connectivity index (χ0v) is 54.6. The Bertz CT molecular complexity index is 4420. The SMILES string of the molecule is CO/C(C)=C1/NC(=O)C(C(C)O)NC(=O)c2csc(n2)-c2cc(O)c(-c3nc(C(N)=O)cs3)nc2-c2csc(n2)C2COC(=O)c3c4c5c(cccc5n3O)COC(=O)C(OC3CC(C)(C)C(N(C)C=O)C(C)O3)C(OC4)C(NC(=O)c3csc1n3)c1nc(cs1)C(=O)N2. The fourth-order valence-corrected chi connectivity index (χ4v) is 15.9. The quantitative estimate of drug-likeness (QED) is 0.0426. The van der Waals surface area contributed by atoms with E-state index in [0.29, 0.717) is 16.7 Å². The van der Waals surface area contributed by atoms with Crippen LogP contribution in [-0.2, 0) is 56.0 Å². The predicted molar refractivity (Wildman–Crippen MR) is 336 cm³/mol. The fourth-order valence-electron chi connectivity index (χ4n) is 11.7. The molecule has 12 bridgehead atoms. The first-order chi connectivity index (χ1) is 44.9. The van der Waals surface area contributed by atoms with E-state index in [1.54, 1.807) is 31.5 Å². The van der Waals surface area contributed by atoms with Gasteiger partial charge in [0.25, 0.3) is 23.6 Å². The Labute approximate surface area is 552 Å². The van der Waals surface area contributed by atoms with Crippen molar-refractivity contribution in [1.82, 2.24) is 60.8 Å². The molecule has 9 N–H and O–H groups in total. The highest BCUT2D eigenvalue weighted by Crippen LogP contribution is 2.44. The van der Waals surface area contributed by atoms with Gasteiger partial charge in [-0.1, -0.05) is 26.0 Å². The summed E-state index contributed by atoms with van der Waals surface area (Å²) < 4.78 is 38.4. The van der Waals surface area contributed by atoms with Crippen LogP contribution in [0.15, 0.2) is 56.9 Å². The molecular formula is C59H57N13O17S5. The van der Waals surface area contributed by atoms with Gasteiger partial charge in [-0.05, 0) is 43.9 Å². The molecular weight excluding hydrogens is 1320 g/mol. The number of aliphatic hydroxyl groups is 1. The number of aromatic nitrogens is 7. The Hall–Kier alpha value is -9.20. The topological polar surface area (TPSA) is 412 Å². The van der Waals surface area contributed by atoms with E-state index in [9.17, 15) is 44.2 Å². The monoisotopic (exact) mass is 1380 g/mol. The molecule has 9 atom stereocenters. The predicted octanol–water partition coefficient (Wildman–Crippen LogP) is 5.06. The van der Waals surface area contributed by atoms with Gasteiger partial charge < -0.3 is 75.7 Å². The molecule has 490 valence electrons. The van der Waals surface area contributed by atoms with Gasteiger partial charge in [-0.2, -0.15) is 4.73 Å². The summed E-state index contributed by atoms with van der Waals surface area (Å²) in [6.07, 6.45) is -6.26. The number of carbonyl (C=O) groups is 8. The summed E-state index contributed by atoms with van der Waals surface area (Å²) in [5.74, 6) is -7.02. The van der Waals surface area contributed by atoms with Crippen molar-refractivity contribution in [1.29, 1.82) is 0 Å². The highest BCUT2D eigenvalue weighted by atomic mass is 32.1. The number of nitrogens with one attached hydrogen (secondary N) is 4. The maximum atomic E-state index is 15.2. The standard InChI is InChI=1S/C59H57N13O17S5/c1-22(74)38-51(80)69-39(23(2)84-7)54-65-33(20-93-54)50(79)70-42-44-45(89-36-12-59(4,5)46(24(3)88-36)71(6)21-73)58(82)86-13-25-9-8-10-34-37(25)27(14-85-44)43(72(34)83)57(81)87-15-28(61-48(77)31-19-94-56(42)66-31)53-62-29(16-91-53)40-26(52-64-32(18-90-52)49(78)68-38)11-35(75)41(67-40)55-63-30(17-92-55)47(60)76/h8-11,16-22,24,28,36,38,42,44-46,74-75,83H,12-15H2,1-7H3,(H2,60,76)(H,61,77)(H,68,78)(H,69,80)(H,70,79)/b39-23+. The summed E-state index contributed by atoms with van der Waals surface area (Å²) >= 11 is 4.63. The number of carbonyl (C=O) groups excluding carboxylic acids is 8. The number of aromatic hydroxyl groups is 1. The number of aliphatic hydroxyl groups excluding tert-OH is 1. The summed E-state index contributed by atoms with van der Waals surface area (Å²) in [5.41, 5.74) is 3.96. The number of hydrogen-bond donors (Lipinski definition) is 8. The van der Waals surface area contributed by atoms with E-state index < -0.39 is 133 Å². The zero-order chi connectivity index (χ0) is 66.8. The minimum Gasteiger partial charge on any atom is -0.506 e. The Morgan fingerprint density at radius 1 is 0.851 bits per heavy atom. The average molecular weight is 1380 g/mol. The van der Waals surface area contributed by atoms with Gasteiger partial charge in [-0.3, -0.25) is 28.8 Å². The van der Waals surface area contributed by atoms with Crippen molar-refractivity contribution in [2.24, 2.45) is 11.1 Å². The Balaban J connectivity index is 1.05. The van der Waals surface area contributed by atoms with Crippen molar-refractivity contribution >= 4 is 121 Å². The van der Waals surface area contributed by atoms with Crippen LogP contribution in [0.4, 0.5) is 0 Å². The van der Waals surface area contributed by atoms with Crippen LogP contribution >= 0.6 is 56.7 Å². The molecule has 94 heavy (non-hydrogen) atoms. The van der Waals surface area contributed by atoms with Crippen LogP contribution < -0.4 is 27.0 Å². The molecule has 4 aliphatic heterocycles. The van der Waals surface area contributed by atoms with E-state index in [0.717, 1.165) is 56.7 Å². The second-order valence-corrected chi connectivity index (χ2v) is 27.2. The van der Waals surface area contributed by atoms with Crippen LogP contribution in [0.3, 0.4) is 0 Å². The normalized spacial score (nSPS) is 23.5. The lowest BCUT2D eigenvalue weighted by Gasteiger charge is -2.49. The van der Waals surface area contributed by atoms with Crippen molar-refractivity contribution in [2.45, 2.75) is 109 Å². The van der Waals surface area contributed by atoms with Gasteiger partial charge in [0, 0.05) is 56.9 Å². The number of methoxy groups -OCH3 is 1. The number of allylic oxidation sites excluding steroid dienone is 1. The third kappa shape index (κ3) is 12.4. The molecule has 1 saturated heterocycles. The number of likely N-dealkylation sites (N-methyl/N-ethyl adjacent to an activating group) is 1. The van der Waals surface area contributed by atoms with Crippen molar-refractivity contribution < 1.29 is 82.2 Å². The maximum Gasteiger partial charge on any atom is 0.358 e. The van der Waals surface area contributed by atoms with Crippen molar-refractivity contribution in [3.8, 4) is 38.4 Å². The van der Waals surface area contributed by atoms with E-state index in [2.05, 4.69) is 36.2 Å². The van der Waals surface area contributed by atoms with E-state index in [-0.39, 0.29) is 105 Å². The van der Waals surface area contributed by atoms with Crippen LogP contribution in [0.25, 0.3) is 49.3 Å². The Kier molecular flexibility index (Phi) is 17.9. The molecule has 30 nitrogen and oxygen atoms in total. The molecule has 0 spiro atoms. The molecule has 35 heteroatoms. The van der Waals surface area contributed by atoms with Gasteiger partial charge >= 0.3 is 11.9 Å². The lowest BCUT2D eigenvalue weighted by Crippen LogP contribution is -2.58. The third-order valence-corrected chi connectivity index (χ3v) is 20.6. The molecule has 0 aliphatic carbocycles. The van der Waals surface area contributed by atoms with Gasteiger partial charge in [0.1, 0.15) is 120 Å². The number of esters is 2. The molecule has 0 saturated carbocycles. The van der Waals surface area contributed by atoms with E-state index in [1.165, 1.54) is 59.5 Å². The minimum absolute atomic E-state index is 0.00214. The Morgan fingerprint density at radius 3 is 2.23 bits per heavy atom. The number of fused-ring (bicyclic) bond motifs is 15. The number of primary amides is 1. The number of nitrogens with two attached hydrogens (primary N) is 1. The molecule has 6 amide bonds. The number of thiazole rings is 5. The number of rotatable bonds is 8.